The van der Waals surface area contributed by atoms with Crippen LogP contribution < -0.4 is 5.32 Å². The molecule has 0 aliphatic rings. The van der Waals surface area contributed by atoms with Crippen LogP contribution >= 0.6 is 0 Å². The summed E-state index contributed by atoms with van der Waals surface area (Å²) in [5, 5.41) is 3.00. The Morgan fingerprint density at radius 3 is 1.91 bits per heavy atom. The largest absolute Gasteiger partial charge is 0.312 e. The van der Waals surface area contributed by atoms with E-state index in [0.29, 0.717) is 19.2 Å². The molecule has 0 heterocycles. The zero-order valence-electron chi connectivity index (χ0n) is 13.1. The van der Waals surface area contributed by atoms with Gasteiger partial charge < -0.3 is 5.32 Å². The fraction of sp³-hybridized carbons (Fsp3) is 0.333. The molecule has 0 aliphatic carbocycles. The molecule has 2 rings (SSSR count). The second kappa shape index (κ2) is 8.83. The Hall–Kier alpha value is -1.49. The van der Waals surface area contributed by atoms with Gasteiger partial charge in [-0.1, -0.05) is 74.5 Å². The molecule has 1 unspecified atom stereocenters. The fourth-order valence-electron chi connectivity index (χ4n) is 2.21. The van der Waals surface area contributed by atoms with Crippen LogP contribution in [0.3, 0.4) is 0 Å². The van der Waals surface area contributed by atoms with Crippen molar-refractivity contribution in [3.63, 3.8) is 0 Å². The molecule has 0 spiro atoms. The van der Waals surface area contributed by atoms with Crippen molar-refractivity contribution in [2.45, 2.75) is 25.1 Å². The van der Waals surface area contributed by atoms with Gasteiger partial charge in [-0.3, -0.25) is 4.18 Å². The average molecular weight is 317 g/mol. The van der Waals surface area contributed by atoms with Gasteiger partial charge in [-0.25, -0.2) is 4.21 Å². The van der Waals surface area contributed by atoms with E-state index >= 15 is 0 Å². The van der Waals surface area contributed by atoms with Crippen LogP contribution in [0.15, 0.2) is 60.7 Å². The normalized spacial score (nSPS) is 12.7. The number of hydrogen-bond donors (Lipinski definition) is 1. The summed E-state index contributed by atoms with van der Waals surface area (Å²) < 4.78 is 18.2. The lowest BCUT2D eigenvalue weighted by Gasteiger charge is -2.17. The van der Waals surface area contributed by atoms with E-state index < -0.39 is 11.1 Å². The number of benzene rings is 2. The molecule has 0 saturated carbocycles. The minimum absolute atomic E-state index is 0.263. The van der Waals surface area contributed by atoms with Crippen molar-refractivity contribution in [2.24, 2.45) is 0 Å². The maximum atomic E-state index is 12.6. The van der Waals surface area contributed by atoms with Gasteiger partial charge in [-0.05, 0) is 11.1 Å². The van der Waals surface area contributed by atoms with Gasteiger partial charge in [0, 0.05) is 12.6 Å². The standard InChI is InChI=1S/C18H23NO2S/c1-15(2)19-13-14-21-22(20)18(16-9-5-3-6-10-16)17-11-7-4-8-12-17/h3-12,15,18-19H,13-14H2,1-2H3. The first-order chi connectivity index (χ1) is 10.7. The second-order valence-corrected chi connectivity index (χ2v) is 6.62. The lowest BCUT2D eigenvalue weighted by molar-refractivity contribution is 0.333. The van der Waals surface area contributed by atoms with Gasteiger partial charge >= 0.3 is 0 Å². The Morgan fingerprint density at radius 1 is 0.955 bits per heavy atom. The molecule has 118 valence electrons. The van der Waals surface area contributed by atoms with Crippen molar-refractivity contribution >= 4 is 11.1 Å². The van der Waals surface area contributed by atoms with E-state index in [4.69, 9.17) is 4.18 Å². The van der Waals surface area contributed by atoms with Crippen molar-refractivity contribution in [3.8, 4) is 0 Å². The van der Waals surface area contributed by atoms with E-state index in [9.17, 15) is 4.21 Å². The fourth-order valence-corrected chi connectivity index (χ4v) is 3.35. The van der Waals surface area contributed by atoms with Crippen LogP contribution in [0.25, 0.3) is 0 Å². The van der Waals surface area contributed by atoms with Gasteiger partial charge in [-0.2, -0.15) is 0 Å². The zero-order chi connectivity index (χ0) is 15.8. The maximum Gasteiger partial charge on any atom is 0.167 e. The molecule has 22 heavy (non-hydrogen) atoms. The number of rotatable bonds is 8. The highest BCUT2D eigenvalue weighted by Gasteiger charge is 2.22. The summed E-state index contributed by atoms with van der Waals surface area (Å²) in [6.07, 6.45) is 0. The van der Waals surface area contributed by atoms with Crippen LogP contribution in [-0.2, 0) is 15.3 Å². The third-order valence-electron chi connectivity index (χ3n) is 3.25. The topological polar surface area (TPSA) is 38.3 Å². The molecule has 0 aromatic heterocycles. The Balaban J connectivity index is 2.10. The van der Waals surface area contributed by atoms with Gasteiger partial charge in [0.05, 0.1) is 6.61 Å². The predicted molar refractivity (Wildman–Crippen MR) is 92.0 cm³/mol. The molecule has 0 fully saturated rings. The second-order valence-electron chi connectivity index (χ2n) is 5.39. The molecule has 3 nitrogen and oxygen atoms in total. The Bertz CT molecular complexity index is 533. The number of hydrogen-bond acceptors (Lipinski definition) is 3. The summed E-state index contributed by atoms with van der Waals surface area (Å²) in [6.45, 7) is 5.28. The van der Waals surface area contributed by atoms with Crippen molar-refractivity contribution in [2.75, 3.05) is 13.2 Å². The molecule has 0 bridgehead atoms. The van der Waals surface area contributed by atoms with Gasteiger partial charge in [0.2, 0.25) is 0 Å². The highest BCUT2D eigenvalue weighted by molar-refractivity contribution is 7.80. The minimum atomic E-state index is -1.41. The van der Waals surface area contributed by atoms with Crippen LogP contribution in [0.4, 0.5) is 0 Å². The van der Waals surface area contributed by atoms with Crippen LogP contribution in [0.1, 0.15) is 30.2 Å². The molecular formula is C18H23NO2S. The first-order valence-corrected chi connectivity index (χ1v) is 8.69. The molecule has 1 atom stereocenters. The molecule has 2 aromatic rings. The summed E-state index contributed by atoms with van der Waals surface area (Å²) in [5.41, 5.74) is 2.01. The average Bonchev–Trinajstić information content (AvgIpc) is 2.54. The van der Waals surface area contributed by atoms with Crippen molar-refractivity contribution in [1.29, 1.82) is 0 Å². The smallest absolute Gasteiger partial charge is 0.167 e. The zero-order valence-corrected chi connectivity index (χ0v) is 13.9. The van der Waals surface area contributed by atoms with Crippen LogP contribution in [0.2, 0.25) is 0 Å². The summed E-state index contributed by atoms with van der Waals surface area (Å²) >= 11 is -1.41. The third kappa shape index (κ3) is 5.05. The molecule has 0 radical (unpaired) electrons. The monoisotopic (exact) mass is 317 g/mol. The summed E-state index contributed by atoms with van der Waals surface area (Å²) in [5.74, 6) is 0. The van der Waals surface area contributed by atoms with Gasteiger partial charge in [0.15, 0.2) is 11.1 Å². The van der Waals surface area contributed by atoms with Crippen molar-refractivity contribution in [3.05, 3.63) is 71.8 Å². The molecule has 0 amide bonds. The lowest BCUT2D eigenvalue weighted by atomic mass is 10.0. The van der Waals surface area contributed by atoms with E-state index in [0.717, 1.165) is 11.1 Å². The molecular weight excluding hydrogens is 294 g/mol. The highest BCUT2D eigenvalue weighted by Crippen LogP contribution is 2.28. The minimum Gasteiger partial charge on any atom is -0.312 e. The first kappa shape index (κ1) is 16.9. The highest BCUT2D eigenvalue weighted by atomic mass is 32.2. The van der Waals surface area contributed by atoms with Crippen molar-refractivity contribution in [1.82, 2.24) is 5.32 Å². The number of nitrogens with one attached hydrogen (secondary N) is 1. The van der Waals surface area contributed by atoms with E-state index in [1.807, 2.05) is 60.7 Å². The molecule has 2 aromatic carbocycles. The van der Waals surface area contributed by atoms with Gasteiger partial charge in [-0.15, -0.1) is 0 Å². The Labute approximate surface area is 135 Å². The molecule has 0 saturated heterocycles. The predicted octanol–water partition coefficient (Wildman–Crippen LogP) is 3.45. The van der Waals surface area contributed by atoms with E-state index in [1.54, 1.807) is 0 Å². The van der Waals surface area contributed by atoms with Crippen LogP contribution in [0, 0.1) is 0 Å². The lowest BCUT2D eigenvalue weighted by Crippen LogP contribution is -2.27. The maximum absolute atomic E-state index is 12.6. The first-order valence-electron chi connectivity index (χ1n) is 7.55. The van der Waals surface area contributed by atoms with E-state index in [1.165, 1.54) is 0 Å². The van der Waals surface area contributed by atoms with E-state index in [-0.39, 0.29) is 5.25 Å². The van der Waals surface area contributed by atoms with Gasteiger partial charge in [0.25, 0.3) is 0 Å². The third-order valence-corrected chi connectivity index (χ3v) is 4.58. The van der Waals surface area contributed by atoms with Gasteiger partial charge in [0.1, 0.15) is 5.25 Å². The Morgan fingerprint density at radius 2 is 1.45 bits per heavy atom. The van der Waals surface area contributed by atoms with Crippen LogP contribution in [-0.4, -0.2) is 23.4 Å². The quantitative estimate of drug-likeness (QED) is 0.758. The molecule has 4 heteroatoms. The summed E-state index contributed by atoms with van der Waals surface area (Å²) in [7, 11) is 0. The van der Waals surface area contributed by atoms with E-state index in [2.05, 4.69) is 19.2 Å². The molecule has 1 N–H and O–H groups in total. The summed E-state index contributed by atoms with van der Waals surface area (Å²) in [6, 6.07) is 20.1. The molecule has 0 aliphatic heterocycles. The summed E-state index contributed by atoms with van der Waals surface area (Å²) in [4.78, 5) is 0. The van der Waals surface area contributed by atoms with Crippen LogP contribution in [0.5, 0.6) is 0 Å². The van der Waals surface area contributed by atoms with Crippen molar-refractivity contribution < 1.29 is 8.39 Å². The Kier molecular flexibility index (Phi) is 6.77. The SMILES string of the molecule is CC(C)NCCOS(=O)C(c1ccccc1)c1ccccc1.